The molecule has 142 valence electrons. The highest BCUT2D eigenvalue weighted by Crippen LogP contribution is 2.31. The summed E-state index contributed by atoms with van der Waals surface area (Å²) in [5.74, 6) is 0.262. The van der Waals surface area contributed by atoms with E-state index >= 15 is 0 Å². The number of carbonyl (C=O) groups is 1. The molecule has 1 heterocycles. The number of anilines is 1. The third-order valence-electron chi connectivity index (χ3n) is 4.81. The molecular formula is C20H22N2O5. The van der Waals surface area contributed by atoms with Gasteiger partial charge in [-0.1, -0.05) is 30.3 Å². The lowest BCUT2D eigenvalue weighted by molar-refractivity contribution is -0.384. The third kappa shape index (κ3) is 4.36. The molecule has 1 saturated heterocycles. The van der Waals surface area contributed by atoms with Crippen LogP contribution in [-0.2, 0) is 16.1 Å². The minimum Gasteiger partial charge on any atom is -0.496 e. The molecule has 0 N–H and O–H groups in total. The molecule has 1 aliphatic rings. The molecule has 0 amide bonds. The van der Waals surface area contributed by atoms with Crippen LogP contribution in [-0.4, -0.2) is 31.1 Å². The Morgan fingerprint density at radius 1 is 1.15 bits per heavy atom. The van der Waals surface area contributed by atoms with Crippen LogP contribution in [0.3, 0.4) is 0 Å². The van der Waals surface area contributed by atoms with Gasteiger partial charge in [-0.05, 0) is 25.0 Å². The number of nitro groups is 1. The summed E-state index contributed by atoms with van der Waals surface area (Å²) in [6.07, 6.45) is 1.22. The molecule has 1 fully saturated rings. The van der Waals surface area contributed by atoms with Crippen LogP contribution in [0.2, 0.25) is 0 Å². The van der Waals surface area contributed by atoms with Gasteiger partial charge in [0.1, 0.15) is 18.0 Å². The van der Waals surface area contributed by atoms with E-state index in [1.807, 2.05) is 29.2 Å². The summed E-state index contributed by atoms with van der Waals surface area (Å²) < 4.78 is 10.7. The molecule has 0 unspecified atom stereocenters. The molecule has 0 aromatic heterocycles. The fourth-order valence-electron chi connectivity index (χ4n) is 3.33. The Kier molecular flexibility index (Phi) is 5.90. The molecule has 7 nitrogen and oxygen atoms in total. The summed E-state index contributed by atoms with van der Waals surface area (Å²) in [7, 11) is 1.58. The monoisotopic (exact) mass is 370 g/mol. The largest absolute Gasteiger partial charge is 0.496 e. The van der Waals surface area contributed by atoms with Gasteiger partial charge in [0, 0.05) is 24.7 Å². The zero-order valence-electron chi connectivity index (χ0n) is 15.2. The van der Waals surface area contributed by atoms with Crippen LogP contribution in [0, 0.1) is 16.0 Å². The molecule has 0 atom stereocenters. The molecule has 7 heteroatoms. The van der Waals surface area contributed by atoms with Crippen molar-refractivity contribution in [2.45, 2.75) is 19.4 Å². The highest BCUT2D eigenvalue weighted by molar-refractivity contribution is 5.73. The Bertz CT molecular complexity index is 816. The van der Waals surface area contributed by atoms with Crippen molar-refractivity contribution in [1.29, 1.82) is 0 Å². The van der Waals surface area contributed by atoms with Crippen molar-refractivity contribution in [2.24, 2.45) is 5.92 Å². The molecule has 0 bridgehead atoms. The lowest BCUT2D eigenvalue weighted by Gasteiger charge is -2.32. The second-order valence-corrected chi connectivity index (χ2v) is 6.43. The van der Waals surface area contributed by atoms with Gasteiger partial charge in [0.15, 0.2) is 0 Å². The predicted molar refractivity (Wildman–Crippen MR) is 101 cm³/mol. The fourth-order valence-corrected chi connectivity index (χ4v) is 3.33. The second kappa shape index (κ2) is 8.53. The van der Waals surface area contributed by atoms with E-state index < -0.39 is 0 Å². The number of methoxy groups -OCH3 is 1. The first-order chi connectivity index (χ1) is 13.1. The van der Waals surface area contributed by atoms with Crippen LogP contribution in [0.5, 0.6) is 5.75 Å². The number of nitrogens with zero attached hydrogens (tertiary/aromatic N) is 2. The van der Waals surface area contributed by atoms with Crippen LogP contribution >= 0.6 is 0 Å². The maximum Gasteiger partial charge on any atom is 0.309 e. The van der Waals surface area contributed by atoms with Gasteiger partial charge in [-0.25, -0.2) is 0 Å². The number of rotatable bonds is 6. The SMILES string of the molecule is COc1ccccc1COC(=O)C1CCN(c2ccccc2[N+](=O)[O-])CC1. The number of esters is 1. The Morgan fingerprint density at radius 3 is 2.52 bits per heavy atom. The number of piperidine rings is 1. The molecule has 27 heavy (non-hydrogen) atoms. The van der Waals surface area contributed by atoms with Crippen molar-refractivity contribution < 1.29 is 19.2 Å². The predicted octanol–water partition coefficient (Wildman–Crippen LogP) is 3.56. The zero-order valence-corrected chi connectivity index (χ0v) is 15.2. The minimum absolute atomic E-state index is 0.0923. The standard InChI is InChI=1S/C20H22N2O5/c1-26-19-9-5-2-6-16(19)14-27-20(23)15-10-12-21(13-11-15)17-7-3-4-8-18(17)22(24)25/h2-9,15H,10-14H2,1H3. The third-order valence-corrected chi connectivity index (χ3v) is 4.81. The normalized spacial score (nSPS) is 14.6. The van der Waals surface area contributed by atoms with Gasteiger partial charge in [-0.2, -0.15) is 0 Å². The molecule has 2 aromatic rings. The number of carbonyl (C=O) groups excluding carboxylic acids is 1. The molecule has 0 saturated carbocycles. The van der Waals surface area contributed by atoms with Crippen molar-refractivity contribution in [3.05, 3.63) is 64.2 Å². The highest BCUT2D eigenvalue weighted by atomic mass is 16.6. The maximum atomic E-state index is 12.4. The van der Waals surface area contributed by atoms with Crippen molar-refractivity contribution in [3.8, 4) is 5.75 Å². The van der Waals surface area contributed by atoms with Crippen molar-refractivity contribution in [1.82, 2.24) is 0 Å². The van der Waals surface area contributed by atoms with E-state index in [0.29, 0.717) is 37.4 Å². The van der Waals surface area contributed by atoms with Gasteiger partial charge in [0.2, 0.25) is 0 Å². The summed E-state index contributed by atoms with van der Waals surface area (Å²) in [6, 6.07) is 14.1. The molecule has 0 aliphatic carbocycles. The number of para-hydroxylation sites is 3. The maximum absolute atomic E-state index is 12.4. The van der Waals surface area contributed by atoms with Gasteiger partial charge < -0.3 is 14.4 Å². The van der Waals surface area contributed by atoms with Crippen LogP contribution < -0.4 is 9.64 Å². The lowest BCUT2D eigenvalue weighted by Crippen LogP contribution is -2.37. The average Bonchev–Trinajstić information content (AvgIpc) is 2.72. The topological polar surface area (TPSA) is 81.9 Å². The van der Waals surface area contributed by atoms with Gasteiger partial charge in [-0.3, -0.25) is 14.9 Å². The zero-order chi connectivity index (χ0) is 19.2. The quantitative estimate of drug-likeness (QED) is 0.439. The number of benzene rings is 2. The Hall–Kier alpha value is -3.09. The highest BCUT2D eigenvalue weighted by Gasteiger charge is 2.29. The number of ether oxygens (including phenoxy) is 2. The van der Waals surface area contributed by atoms with Crippen LogP contribution in [0.25, 0.3) is 0 Å². The van der Waals surface area contributed by atoms with Crippen LogP contribution in [0.4, 0.5) is 11.4 Å². The van der Waals surface area contributed by atoms with Gasteiger partial charge >= 0.3 is 5.97 Å². The van der Waals surface area contributed by atoms with Crippen LogP contribution in [0.1, 0.15) is 18.4 Å². The van der Waals surface area contributed by atoms with E-state index in [0.717, 1.165) is 5.56 Å². The summed E-state index contributed by atoms with van der Waals surface area (Å²) in [5, 5.41) is 11.2. The van der Waals surface area contributed by atoms with E-state index in [9.17, 15) is 14.9 Å². The van der Waals surface area contributed by atoms with E-state index in [-0.39, 0.29) is 29.1 Å². The van der Waals surface area contributed by atoms with Crippen molar-refractivity contribution >= 4 is 17.3 Å². The number of hydrogen-bond donors (Lipinski definition) is 0. The van der Waals surface area contributed by atoms with Gasteiger partial charge in [-0.15, -0.1) is 0 Å². The molecule has 2 aromatic carbocycles. The Labute approximate surface area is 157 Å². The first-order valence-electron chi connectivity index (χ1n) is 8.87. The molecule has 0 spiro atoms. The molecule has 0 radical (unpaired) electrons. The average molecular weight is 370 g/mol. The fraction of sp³-hybridized carbons (Fsp3) is 0.350. The second-order valence-electron chi connectivity index (χ2n) is 6.43. The summed E-state index contributed by atoms with van der Waals surface area (Å²) in [4.78, 5) is 25.2. The van der Waals surface area contributed by atoms with Crippen molar-refractivity contribution in [2.75, 3.05) is 25.1 Å². The molecular weight excluding hydrogens is 348 g/mol. The summed E-state index contributed by atoms with van der Waals surface area (Å²) in [6.45, 7) is 1.34. The summed E-state index contributed by atoms with van der Waals surface area (Å²) >= 11 is 0. The van der Waals surface area contributed by atoms with Crippen LogP contribution in [0.15, 0.2) is 48.5 Å². The molecule has 3 rings (SSSR count). The van der Waals surface area contributed by atoms with E-state index in [1.54, 1.807) is 25.3 Å². The van der Waals surface area contributed by atoms with Crippen molar-refractivity contribution in [3.63, 3.8) is 0 Å². The Balaban J connectivity index is 1.56. The lowest BCUT2D eigenvalue weighted by atomic mass is 9.96. The minimum atomic E-state index is -0.372. The smallest absolute Gasteiger partial charge is 0.309 e. The van der Waals surface area contributed by atoms with E-state index in [1.165, 1.54) is 6.07 Å². The van der Waals surface area contributed by atoms with Gasteiger partial charge in [0.25, 0.3) is 5.69 Å². The molecule has 1 aliphatic heterocycles. The van der Waals surface area contributed by atoms with Gasteiger partial charge in [0.05, 0.1) is 18.0 Å². The summed E-state index contributed by atoms with van der Waals surface area (Å²) in [5.41, 5.74) is 1.52. The first kappa shape index (κ1) is 18.7. The number of hydrogen-bond acceptors (Lipinski definition) is 6. The van der Waals surface area contributed by atoms with E-state index in [2.05, 4.69) is 0 Å². The number of nitro benzene ring substituents is 1. The first-order valence-corrected chi connectivity index (χ1v) is 8.87. The Morgan fingerprint density at radius 2 is 1.81 bits per heavy atom. The van der Waals surface area contributed by atoms with E-state index in [4.69, 9.17) is 9.47 Å².